The van der Waals surface area contributed by atoms with E-state index in [2.05, 4.69) is 56.8 Å². The Balaban J connectivity index is 1.41. The predicted molar refractivity (Wildman–Crippen MR) is 108 cm³/mol. The molecular formula is C22H21N5O. The van der Waals surface area contributed by atoms with Crippen molar-refractivity contribution in [1.29, 1.82) is 0 Å². The first kappa shape index (κ1) is 16.9. The van der Waals surface area contributed by atoms with E-state index >= 15 is 0 Å². The highest BCUT2D eigenvalue weighted by atomic mass is 16.5. The minimum absolute atomic E-state index is 0.121. The summed E-state index contributed by atoms with van der Waals surface area (Å²) in [4.78, 5) is 8.92. The van der Waals surface area contributed by atoms with Crippen LogP contribution in [0.2, 0.25) is 0 Å². The molecule has 0 bridgehead atoms. The smallest absolute Gasteiger partial charge is 0.254 e. The van der Waals surface area contributed by atoms with Crippen LogP contribution in [0.15, 0.2) is 73.1 Å². The summed E-state index contributed by atoms with van der Waals surface area (Å²) < 4.78 is 7.77. The molecule has 6 nitrogen and oxygen atoms in total. The van der Waals surface area contributed by atoms with Gasteiger partial charge in [-0.1, -0.05) is 60.7 Å². The van der Waals surface area contributed by atoms with Crippen LogP contribution in [-0.4, -0.2) is 32.7 Å². The minimum Gasteiger partial charge on any atom is -0.373 e. The van der Waals surface area contributed by atoms with E-state index < -0.39 is 0 Å². The van der Waals surface area contributed by atoms with Crippen molar-refractivity contribution < 1.29 is 4.74 Å². The number of hydrogen-bond donors (Lipinski definition) is 1. The molecule has 5 rings (SSSR count). The van der Waals surface area contributed by atoms with Crippen molar-refractivity contribution in [3.8, 4) is 11.3 Å². The molecule has 28 heavy (non-hydrogen) atoms. The van der Waals surface area contributed by atoms with Crippen LogP contribution in [0.3, 0.4) is 0 Å². The van der Waals surface area contributed by atoms with Crippen LogP contribution in [0.4, 0.5) is 5.82 Å². The number of rotatable bonds is 5. The quantitative estimate of drug-likeness (QED) is 0.575. The van der Waals surface area contributed by atoms with Gasteiger partial charge in [0.15, 0.2) is 0 Å². The summed E-state index contributed by atoms with van der Waals surface area (Å²) >= 11 is 0. The highest BCUT2D eigenvalue weighted by molar-refractivity contribution is 5.65. The van der Waals surface area contributed by atoms with E-state index in [0.717, 1.165) is 36.6 Å². The van der Waals surface area contributed by atoms with Crippen molar-refractivity contribution in [1.82, 2.24) is 19.6 Å². The third-order valence-electron chi connectivity index (χ3n) is 5.21. The number of fused-ring (bicyclic) bond motifs is 1. The van der Waals surface area contributed by atoms with Crippen LogP contribution < -0.4 is 5.32 Å². The van der Waals surface area contributed by atoms with E-state index in [1.165, 1.54) is 11.9 Å². The summed E-state index contributed by atoms with van der Waals surface area (Å²) in [5.74, 6) is 1.88. The maximum absolute atomic E-state index is 6.02. The van der Waals surface area contributed by atoms with E-state index in [9.17, 15) is 0 Å². The number of benzene rings is 2. The Morgan fingerprint density at radius 2 is 1.82 bits per heavy atom. The minimum atomic E-state index is 0.121. The number of nitrogens with zero attached hydrogens (tertiary/aromatic N) is 4. The van der Waals surface area contributed by atoms with E-state index in [4.69, 9.17) is 4.74 Å². The molecule has 2 aromatic heterocycles. The highest BCUT2D eigenvalue weighted by Crippen LogP contribution is 2.34. The van der Waals surface area contributed by atoms with E-state index in [1.807, 2.05) is 30.3 Å². The van der Waals surface area contributed by atoms with Gasteiger partial charge in [-0.3, -0.25) is 0 Å². The van der Waals surface area contributed by atoms with Crippen LogP contribution in [0, 0.1) is 5.92 Å². The number of nitrogens with one attached hydrogen (secondary N) is 1. The summed E-state index contributed by atoms with van der Waals surface area (Å²) in [6.45, 7) is 1.59. The highest BCUT2D eigenvalue weighted by Gasteiger charge is 2.29. The summed E-state index contributed by atoms with van der Waals surface area (Å²) in [6, 6.07) is 22.6. The van der Waals surface area contributed by atoms with Gasteiger partial charge in [0.05, 0.1) is 11.8 Å². The second-order valence-corrected chi connectivity index (χ2v) is 7.00. The largest absolute Gasteiger partial charge is 0.373 e. The molecule has 6 heteroatoms. The molecule has 4 aromatic rings. The Morgan fingerprint density at radius 3 is 2.64 bits per heavy atom. The summed E-state index contributed by atoms with van der Waals surface area (Å²) in [6.07, 6.45) is 2.69. The lowest BCUT2D eigenvalue weighted by atomic mass is 9.95. The van der Waals surface area contributed by atoms with Crippen molar-refractivity contribution in [3.05, 3.63) is 78.6 Å². The Kier molecular flexibility index (Phi) is 4.47. The first-order chi connectivity index (χ1) is 13.9. The number of anilines is 1. The molecule has 3 heterocycles. The van der Waals surface area contributed by atoms with Gasteiger partial charge in [-0.15, -0.1) is 0 Å². The first-order valence-electron chi connectivity index (χ1n) is 9.55. The second-order valence-electron chi connectivity index (χ2n) is 7.00. The van der Waals surface area contributed by atoms with Crippen molar-refractivity contribution in [2.45, 2.75) is 12.5 Å². The van der Waals surface area contributed by atoms with Crippen molar-refractivity contribution in [3.63, 3.8) is 0 Å². The molecule has 140 valence electrons. The van der Waals surface area contributed by atoms with E-state index in [1.54, 1.807) is 4.52 Å². The second kappa shape index (κ2) is 7.40. The lowest BCUT2D eigenvalue weighted by Gasteiger charge is -2.20. The molecule has 1 fully saturated rings. The Morgan fingerprint density at radius 1 is 1.04 bits per heavy atom. The van der Waals surface area contributed by atoms with Crippen molar-refractivity contribution in [2.24, 2.45) is 5.92 Å². The van der Waals surface area contributed by atoms with Gasteiger partial charge in [0.1, 0.15) is 12.1 Å². The lowest BCUT2D eigenvalue weighted by molar-refractivity contribution is 0.0933. The average Bonchev–Trinajstić information content (AvgIpc) is 3.42. The van der Waals surface area contributed by atoms with Gasteiger partial charge in [0, 0.05) is 30.7 Å². The Hall–Kier alpha value is -3.25. The fraction of sp³-hybridized carbons (Fsp3) is 0.227. The Labute approximate surface area is 163 Å². The third-order valence-corrected chi connectivity index (χ3v) is 5.21. The molecule has 0 spiro atoms. The maximum atomic E-state index is 6.02. The fourth-order valence-electron chi connectivity index (χ4n) is 3.78. The molecule has 1 saturated heterocycles. The topological polar surface area (TPSA) is 64.3 Å². The zero-order valence-electron chi connectivity index (χ0n) is 15.4. The van der Waals surface area contributed by atoms with Gasteiger partial charge in [0.2, 0.25) is 0 Å². The SMILES string of the molecule is c1ccc(-c2cc(NCC3CCOC3c3ccccc3)n3ncnc3n2)cc1. The van der Waals surface area contributed by atoms with Crippen LogP contribution in [0.25, 0.3) is 17.0 Å². The zero-order valence-corrected chi connectivity index (χ0v) is 15.4. The van der Waals surface area contributed by atoms with Crippen LogP contribution >= 0.6 is 0 Å². The molecule has 0 aliphatic carbocycles. The average molecular weight is 371 g/mol. The predicted octanol–water partition coefficient (Wildman–Crippen LogP) is 3.98. The van der Waals surface area contributed by atoms with E-state index in [0.29, 0.717) is 11.7 Å². The molecule has 2 atom stereocenters. The van der Waals surface area contributed by atoms with Gasteiger partial charge >= 0.3 is 0 Å². The van der Waals surface area contributed by atoms with Crippen molar-refractivity contribution >= 4 is 11.6 Å². The van der Waals surface area contributed by atoms with Crippen molar-refractivity contribution in [2.75, 3.05) is 18.5 Å². The Bertz CT molecular complexity index is 1060. The summed E-state index contributed by atoms with van der Waals surface area (Å²) in [7, 11) is 0. The molecule has 1 N–H and O–H groups in total. The van der Waals surface area contributed by atoms with Gasteiger partial charge in [-0.05, 0) is 12.0 Å². The summed E-state index contributed by atoms with van der Waals surface area (Å²) in [5, 5.41) is 7.89. The fourth-order valence-corrected chi connectivity index (χ4v) is 3.78. The van der Waals surface area contributed by atoms with E-state index in [-0.39, 0.29) is 6.10 Å². The third kappa shape index (κ3) is 3.23. The molecule has 1 aliphatic rings. The molecular weight excluding hydrogens is 350 g/mol. The zero-order chi connectivity index (χ0) is 18.8. The van der Waals surface area contributed by atoms with Gasteiger partial charge in [0.25, 0.3) is 5.78 Å². The van der Waals surface area contributed by atoms with Crippen LogP contribution in [0.1, 0.15) is 18.1 Å². The normalized spacial score (nSPS) is 19.1. The van der Waals surface area contributed by atoms with Gasteiger partial charge in [-0.25, -0.2) is 4.98 Å². The molecule has 2 aromatic carbocycles. The maximum Gasteiger partial charge on any atom is 0.254 e. The number of hydrogen-bond acceptors (Lipinski definition) is 5. The van der Waals surface area contributed by atoms with Crippen LogP contribution in [-0.2, 0) is 4.74 Å². The lowest BCUT2D eigenvalue weighted by Crippen LogP contribution is -2.19. The summed E-state index contributed by atoms with van der Waals surface area (Å²) in [5.41, 5.74) is 3.17. The standard InChI is InChI=1S/C22H21N5O/c1-3-7-16(8-4-1)19-13-20(27-22(26-19)24-15-25-27)23-14-18-11-12-28-21(18)17-9-5-2-6-10-17/h1-10,13,15,18,21,23H,11-12,14H2. The molecule has 0 amide bonds. The van der Waals surface area contributed by atoms with Gasteiger partial charge in [-0.2, -0.15) is 14.6 Å². The molecule has 2 unspecified atom stereocenters. The number of ether oxygens (including phenoxy) is 1. The van der Waals surface area contributed by atoms with Crippen LogP contribution in [0.5, 0.6) is 0 Å². The monoisotopic (exact) mass is 371 g/mol. The molecule has 1 aliphatic heterocycles. The molecule has 0 saturated carbocycles. The molecule has 0 radical (unpaired) electrons. The van der Waals surface area contributed by atoms with Gasteiger partial charge < -0.3 is 10.1 Å². The number of aromatic nitrogens is 4. The first-order valence-corrected chi connectivity index (χ1v) is 9.55.